The minimum atomic E-state index is -0.396. The zero-order valence-corrected chi connectivity index (χ0v) is 10.0. The number of anilines is 1. The molecule has 18 heavy (non-hydrogen) atoms. The highest BCUT2D eigenvalue weighted by Crippen LogP contribution is 2.09. The molecule has 0 aliphatic heterocycles. The third-order valence-corrected chi connectivity index (χ3v) is 2.43. The van der Waals surface area contributed by atoms with E-state index in [0.29, 0.717) is 5.82 Å². The molecule has 2 heterocycles. The van der Waals surface area contributed by atoms with Crippen LogP contribution in [0.3, 0.4) is 0 Å². The number of hydrogen-bond acceptors (Lipinski definition) is 4. The first kappa shape index (κ1) is 12.0. The van der Waals surface area contributed by atoms with E-state index in [0.717, 1.165) is 10.2 Å². The maximum absolute atomic E-state index is 11.9. The third-order valence-electron chi connectivity index (χ3n) is 2.43. The van der Waals surface area contributed by atoms with E-state index in [1.807, 2.05) is 13.0 Å². The molecule has 0 aromatic carbocycles. The second kappa shape index (κ2) is 4.79. The van der Waals surface area contributed by atoms with Crippen molar-refractivity contribution in [1.82, 2.24) is 14.8 Å². The first-order valence-electron chi connectivity index (χ1n) is 5.35. The molecule has 0 saturated carbocycles. The van der Waals surface area contributed by atoms with E-state index in [-0.39, 0.29) is 11.3 Å². The quantitative estimate of drug-likeness (QED) is 0.845. The summed E-state index contributed by atoms with van der Waals surface area (Å²) in [5.74, 6) is 0.0885. The topological polar surface area (TPSA) is 76.9 Å². The Morgan fingerprint density at radius 1 is 1.33 bits per heavy atom. The summed E-state index contributed by atoms with van der Waals surface area (Å²) in [6.07, 6.45) is 1.59. The van der Waals surface area contributed by atoms with Crippen molar-refractivity contribution in [3.63, 3.8) is 0 Å². The Kier molecular flexibility index (Phi) is 3.18. The van der Waals surface area contributed by atoms with Crippen LogP contribution in [0.1, 0.15) is 16.1 Å². The van der Waals surface area contributed by atoms with Crippen molar-refractivity contribution in [3.8, 4) is 0 Å². The van der Waals surface area contributed by atoms with Gasteiger partial charge in [-0.3, -0.25) is 9.59 Å². The zero-order valence-electron chi connectivity index (χ0n) is 10.0. The normalized spacial score (nSPS) is 10.1. The molecular weight excluding hydrogens is 232 g/mol. The molecule has 6 heteroatoms. The number of carbonyl (C=O) groups is 1. The fourth-order valence-electron chi connectivity index (χ4n) is 1.41. The van der Waals surface area contributed by atoms with Gasteiger partial charge in [-0.2, -0.15) is 5.10 Å². The number of carbonyl (C=O) groups excluding carboxylic acids is 1. The molecule has 2 rings (SSSR count). The summed E-state index contributed by atoms with van der Waals surface area (Å²) >= 11 is 0. The summed E-state index contributed by atoms with van der Waals surface area (Å²) < 4.78 is 1.11. The summed E-state index contributed by atoms with van der Waals surface area (Å²) in [5.41, 5.74) is 0.762. The maximum atomic E-state index is 11.9. The first-order chi connectivity index (χ1) is 8.58. The lowest BCUT2D eigenvalue weighted by atomic mass is 10.3. The Morgan fingerprint density at radius 3 is 2.78 bits per heavy atom. The van der Waals surface area contributed by atoms with Crippen molar-refractivity contribution in [2.24, 2.45) is 7.05 Å². The van der Waals surface area contributed by atoms with Crippen LogP contribution >= 0.6 is 0 Å². The Bertz CT molecular complexity index is 649. The lowest BCUT2D eigenvalue weighted by Crippen LogP contribution is -2.24. The van der Waals surface area contributed by atoms with Gasteiger partial charge in [-0.15, -0.1) is 0 Å². The van der Waals surface area contributed by atoms with Gasteiger partial charge in [0.15, 0.2) is 0 Å². The van der Waals surface area contributed by atoms with Gasteiger partial charge in [0, 0.05) is 19.3 Å². The molecule has 0 aliphatic carbocycles. The number of pyridine rings is 1. The summed E-state index contributed by atoms with van der Waals surface area (Å²) in [6.45, 7) is 1.84. The van der Waals surface area contributed by atoms with Crippen LogP contribution in [-0.2, 0) is 7.05 Å². The van der Waals surface area contributed by atoms with E-state index < -0.39 is 5.91 Å². The zero-order chi connectivity index (χ0) is 13.1. The van der Waals surface area contributed by atoms with E-state index in [2.05, 4.69) is 15.4 Å². The predicted octanol–water partition coefficient (Wildman–Crippen LogP) is 0.736. The molecule has 0 fully saturated rings. The van der Waals surface area contributed by atoms with Gasteiger partial charge < -0.3 is 5.32 Å². The number of rotatable bonds is 2. The third kappa shape index (κ3) is 2.42. The van der Waals surface area contributed by atoms with E-state index >= 15 is 0 Å². The molecule has 0 bridgehead atoms. The molecule has 0 atom stereocenters. The molecular formula is C12H12N4O2. The lowest BCUT2D eigenvalue weighted by Gasteiger charge is -2.06. The van der Waals surface area contributed by atoms with E-state index in [9.17, 15) is 9.59 Å². The molecule has 6 nitrogen and oxygen atoms in total. The average molecular weight is 244 g/mol. The molecule has 0 spiro atoms. The summed E-state index contributed by atoms with van der Waals surface area (Å²) in [4.78, 5) is 27.1. The number of aryl methyl sites for hydroxylation is 2. The number of nitrogens with one attached hydrogen (secondary N) is 1. The number of nitrogens with zero attached hydrogens (tertiary/aromatic N) is 3. The second-order valence-electron chi connectivity index (χ2n) is 3.80. The van der Waals surface area contributed by atoms with Crippen LogP contribution in [0.4, 0.5) is 5.82 Å². The van der Waals surface area contributed by atoms with Gasteiger partial charge in [0.2, 0.25) is 0 Å². The second-order valence-corrected chi connectivity index (χ2v) is 3.80. The molecule has 0 aliphatic rings. The summed E-state index contributed by atoms with van der Waals surface area (Å²) in [7, 11) is 1.49. The average Bonchev–Trinajstić information content (AvgIpc) is 2.35. The fraction of sp³-hybridized carbons (Fsp3) is 0.167. The van der Waals surface area contributed by atoms with Crippen LogP contribution < -0.4 is 10.9 Å². The molecule has 1 N–H and O–H groups in total. The van der Waals surface area contributed by atoms with Gasteiger partial charge in [-0.25, -0.2) is 9.67 Å². The highest BCUT2D eigenvalue weighted by molar-refractivity contribution is 6.02. The lowest BCUT2D eigenvalue weighted by molar-refractivity contribution is 0.101. The van der Waals surface area contributed by atoms with Crippen LogP contribution in [0.25, 0.3) is 0 Å². The number of aromatic nitrogens is 3. The van der Waals surface area contributed by atoms with E-state index in [1.165, 1.54) is 19.2 Å². The molecule has 0 saturated heterocycles. The van der Waals surface area contributed by atoms with Crippen LogP contribution in [0.2, 0.25) is 0 Å². The minimum absolute atomic E-state index is 0.169. The Morgan fingerprint density at radius 2 is 2.11 bits per heavy atom. The maximum Gasteiger partial charge on any atom is 0.277 e. The summed E-state index contributed by atoms with van der Waals surface area (Å²) in [6, 6.07) is 6.31. The van der Waals surface area contributed by atoms with E-state index in [1.54, 1.807) is 12.3 Å². The highest BCUT2D eigenvalue weighted by Gasteiger charge is 2.10. The largest absolute Gasteiger partial charge is 0.305 e. The van der Waals surface area contributed by atoms with Gasteiger partial charge in [-0.05, 0) is 24.6 Å². The Hall–Kier alpha value is -2.50. The van der Waals surface area contributed by atoms with Crippen molar-refractivity contribution < 1.29 is 4.79 Å². The molecule has 2 aromatic rings. The van der Waals surface area contributed by atoms with Crippen LogP contribution in [0.5, 0.6) is 0 Å². The molecule has 0 unspecified atom stereocenters. The SMILES string of the molecule is Cc1cccnc1NC(=O)c1ccc(=O)n(C)n1. The summed E-state index contributed by atoms with van der Waals surface area (Å²) in [5, 5.41) is 6.51. The first-order valence-corrected chi connectivity index (χ1v) is 5.35. The van der Waals surface area contributed by atoms with Gasteiger partial charge in [-0.1, -0.05) is 6.07 Å². The van der Waals surface area contributed by atoms with Gasteiger partial charge in [0.25, 0.3) is 11.5 Å². The van der Waals surface area contributed by atoms with Crippen LogP contribution in [0.15, 0.2) is 35.3 Å². The Labute approximate surface area is 103 Å². The predicted molar refractivity (Wildman–Crippen MR) is 66.4 cm³/mol. The smallest absolute Gasteiger partial charge is 0.277 e. The molecule has 92 valence electrons. The number of amides is 1. The number of hydrogen-bond donors (Lipinski definition) is 1. The van der Waals surface area contributed by atoms with Crippen molar-refractivity contribution in [2.45, 2.75) is 6.92 Å². The highest BCUT2D eigenvalue weighted by atomic mass is 16.2. The standard InChI is InChI=1S/C12H12N4O2/c1-8-4-3-7-13-11(8)14-12(18)9-5-6-10(17)16(2)15-9/h3-7H,1-2H3,(H,13,14,18). The monoisotopic (exact) mass is 244 g/mol. The molecule has 0 radical (unpaired) electrons. The molecule has 2 aromatic heterocycles. The van der Waals surface area contributed by atoms with Crippen molar-refractivity contribution in [1.29, 1.82) is 0 Å². The van der Waals surface area contributed by atoms with Crippen molar-refractivity contribution >= 4 is 11.7 Å². The Balaban J connectivity index is 2.25. The molecule has 1 amide bonds. The van der Waals surface area contributed by atoms with Gasteiger partial charge in [0.05, 0.1) is 0 Å². The van der Waals surface area contributed by atoms with Crippen LogP contribution in [-0.4, -0.2) is 20.7 Å². The van der Waals surface area contributed by atoms with Crippen molar-refractivity contribution in [3.05, 3.63) is 52.1 Å². The minimum Gasteiger partial charge on any atom is -0.305 e. The fourth-order valence-corrected chi connectivity index (χ4v) is 1.41. The van der Waals surface area contributed by atoms with Gasteiger partial charge >= 0.3 is 0 Å². The van der Waals surface area contributed by atoms with Crippen molar-refractivity contribution in [2.75, 3.05) is 5.32 Å². The van der Waals surface area contributed by atoms with E-state index in [4.69, 9.17) is 0 Å². The van der Waals surface area contributed by atoms with Gasteiger partial charge in [0.1, 0.15) is 11.5 Å². The van der Waals surface area contributed by atoms with Crippen LogP contribution in [0, 0.1) is 6.92 Å².